The number of ether oxygens (including phenoxy) is 1. The minimum absolute atomic E-state index is 0.290. The summed E-state index contributed by atoms with van der Waals surface area (Å²) in [6, 6.07) is 3.97. The molecule has 0 radical (unpaired) electrons. The topological polar surface area (TPSA) is 55.8 Å². The van der Waals surface area contributed by atoms with Crippen molar-refractivity contribution in [3.63, 3.8) is 0 Å². The van der Waals surface area contributed by atoms with E-state index >= 15 is 0 Å². The van der Waals surface area contributed by atoms with E-state index in [9.17, 15) is 4.79 Å². The van der Waals surface area contributed by atoms with Crippen LogP contribution in [0, 0.1) is 0 Å². The Hall–Kier alpha value is -1.59. The van der Waals surface area contributed by atoms with Gasteiger partial charge in [0.25, 0.3) is 0 Å². The van der Waals surface area contributed by atoms with E-state index in [4.69, 9.17) is 4.74 Å². The predicted molar refractivity (Wildman–Crippen MR) is 89.9 cm³/mol. The summed E-state index contributed by atoms with van der Waals surface area (Å²) >= 11 is 1.61. The van der Waals surface area contributed by atoms with Gasteiger partial charge in [-0.15, -0.1) is 0 Å². The van der Waals surface area contributed by atoms with Gasteiger partial charge in [-0.1, -0.05) is 12.1 Å². The zero-order chi connectivity index (χ0) is 16.2. The van der Waals surface area contributed by atoms with Gasteiger partial charge < -0.3 is 4.74 Å². The second kappa shape index (κ2) is 7.11. The molecule has 2 rings (SSSR count). The number of allylic oxidation sites excluding steroid dienone is 2. The minimum Gasteiger partial charge on any atom is -0.414 e. The van der Waals surface area contributed by atoms with Gasteiger partial charge in [0.2, 0.25) is 0 Å². The zero-order valence-corrected chi connectivity index (χ0v) is 14.4. The summed E-state index contributed by atoms with van der Waals surface area (Å²) in [6.07, 6.45) is 7.45. The number of carbonyl (C=O) groups is 1. The summed E-state index contributed by atoms with van der Waals surface area (Å²) in [4.78, 5) is 17.4. The number of carbonyl (C=O) groups excluding carboxylic acids is 1. The van der Waals surface area contributed by atoms with Crippen LogP contribution in [0.4, 0.5) is 4.79 Å². The number of quaternary nitrogens is 1. The highest BCUT2D eigenvalue weighted by Crippen LogP contribution is 2.35. The van der Waals surface area contributed by atoms with Gasteiger partial charge in [-0.25, -0.2) is 5.32 Å². The largest absolute Gasteiger partial charge is 0.518 e. The molecular formula is C17H23N2O2S+. The van der Waals surface area contributed by atoms with Gasteiger partial charge in [0.15, 0.2) is 5.03 Å². The maximum atomic E-state index is 12.1. The predicted octanol–water partition coefficient (Wildman–Crippen LogP) is 3.68. The van der Waals surface area contributed by atoms with Crippen LogP contribution >= 0.6 is 11.8 Å². The van der Waals surface area contributed by atoms with Crippen LogP contribution in [0.25, 0.3) is 4.91 Å². The van der Waals surface area contributed by atoms with Gasteiger partial charge in [-0.3, -0.25) is 4.98 Å². The average molecular weight is 319 g/mol. The lowest BCUT2D eigenvalue weighted by molar-refractivity contribution is -0.510. The van der Waals surface area contributed by atoms with Gasteiger partial charge in [-0.05, 0) is 63.9 Å². The molecule has 0 aromatic carbocycles. The molecule has 0 atom stereocenters. The molecule has 4 nitrogen and oxygen atoms in total. The number of amides is 1. The van der Waals surface area contributed by atoms with E-state index in [0.717, 1.165) is 28.3 Å². The number of nitrogens with two attached hydrogens (primary N) is 1. The third kappa shape index (κ3) is 5.00. The highest BCUT2D eigenvalue weighted by atomic mass is 32.2. The molecule has 0 saturated carbocycles. The Balaban J connectivity index is 2.13. The van der Waals surface area contributed by atoms with Gasteiger partial charge in [0.05, 0.1) is 0 Å². The molecule has 2 heterocycles. The quantitative estimate of drug-likeness (QED) is 0.903. The number of hydrogen-bond acceptors (Lipinski definition) is 4. The fourth-order valence-corrected chi connectivity index (χ4v) is 3.17. The number of primary amides is 1. The monoisotopic (exact) mass is 319 g/mol. The maximum absolute atomic E-state index is 12.1. The standard InChI is InChI=1S/C17H22N2O2S/c1-12-7-5-9-14(13-8-6-10-18-11-13)22-15(12)19-16(20)21-17(2,3)4/h6,8-11H,5,7H2,1-4H3,(H,19,20)/p+1. The van der Waals surface area contributed by atoms with Crippen LogP contribution in [-0.2, 0) is 4.74 Å². The molecule has 1 aliphatic rings. The molecule has 0 saturated heterocycles. The van der Waals surface area contributed by atoms with Gasteiger partial charge in [0, 0.05) is 22.9 Å². The van der Waals surface area contributed by atoms with Crippen LogP contribution in [-0.4, -0.2) is 16.7 Å². The van der Waals surface area contributed by atoms with Crippen LogP contribution in [0.1, 0.15) is 46.1 Å². The van der Waals surface area contributed by atoms with Crippen LogP contribution in [0.15, 0.2) is 41.2 Å². The van der Waals surface area contributed by atoms with Crippen LogP contribution in [0.3, 0.4) is 0 Å². The van der Waals surface area contributed by atoms with Crippen molar-refractivity contribution in [3.05, 3.63) is 46.8 Å². The number of nitrogens with zero attached hydrogens (tertiary/aromatic N) is 1. The summed E-state index contributed by atoms with van der Waals surface area (Å²) in [7, 11) is 0. The molecule has 5 heteroatoms. The van der Waals surface area contributed by atoms with Crippen molar-refractivity contribution in [3.8, 4) is 0 Å². The average Bonchev–Trinajstić information content (AvgIpc) is 2.60. The van der Waals surface area contributed by atoms with Gasteiger partial charge >= 0.3 is 6.09 Å². The smallest absolute Gasteiger partial charge is 0.414 e. The first-order valence-electron chi connectivity index (χ1n) is 7.41. The molecule has 2 N–H and O–H groups in total. The number of hydrogen-bond donors (Lipinski definition) is 1. The first kappa shape index (κ1) is 16.8. The normalized spacial score (nSPS) is 16.1. The van der Waals surface area contributed by atoms with Crippen molar-refractivity contribution in [2.24, 2.45) is 0 Å². The molecule has 1 aliphatic heterocycles. The minimum atomic E-state index is -0.473. The Morgan fingerprint density at radius 3 is 2.82 bits per heavy atom. The molecule has 1 amide bonds. The lowest BCUT2D eigenvalue weighted by atomic mass is 10.1. The van der Waals surface area contributed by atoms with E-state index in [2.05, 4.69) is 18.0 Å². The fourth-order valence-electron chi connectivity index (χ4n) is 2.07. The molecule has 1 aromatic rings. The summed E-state index contributed by atoms with van der Waals surface area (Å²) in [5.41, 5.74) is 1.82. The third-order valence-electron chi connectivity index (χ3n) is 3.09. The summed E-state index contributed by atoms with van der Waals surface area (Å²) in [6.45, 7) is 7.70. The van der Waals surface area contributed by atoms with E-state index in [0.29, 0.717) is 0 Å². The van der Waals surface area contributed by atoms with E-state index in [1.54, 1.807) is 23.3 Å². The van der Waals surface area contributed by atoms with Crippen LogP contribution < -0.4 is 5.32 Å². The van der Waals surface area contributed by atoms with Crippen molar-refractivity contribution in [1.82, 2.24) is 4.98 Å². The van der Waals surface area contributed by atoms with Crippen molar-refractivity contribution < 1.29 is 14.8 Å². The highest BCUT2D eigenvalue weighted by Gasteiger charge is 2.24. The Morgan fingerprint density at radius 2 is 2.18 bits per heavy atom. The molecule has 22 heavy (non-hydrogen) atoms. The molecule has 1 aromatic heterocycles. The van der Waals surface area contributed by atoms with E-state index in [1.807, 2.05) is 39.1 Å². The molecule has 0 unspecified atom stereocenters. The second-order valence-electron chi connectivity index (χ2n) is 6.27. The first-order chi connectivity index (χ1) is 10.3. The molecule has 0 fully saturated rings. The lowest BCUT2D eigenvalue weighted by Gasteiger charge is -2.17. The summed E-state index contributed by atoms with van der Waals surface area (Å²) < 4.78 is 5.40. The highest BCUT2D eigenvalue weighted by molar-refractivity contribution is 8.11. The first-order valence-corrected chi connectivity index (χ1v) is 8.23. The Morgan fingerprint density at radius 1 is 1.41 bits per heavy atom. The lowest BCUT2D eigenvalue weighted by Crippen LogP contribution is -2.86. The summed E-state index contributed by atoms with van der Waals surface area (Å²) in [5.74, 6) is 0. The van der Waals surface area contributed by atoms with Gasteiger partial charge in [0.1, 0.15) is 5.60 Å². The number of aromatic nitrogens is 1. The van der Waals surface area contributed by atoms with Crippen molar-refractivity contribution >= 4 is 22.8 Å². The second-order valence-corrected chi connectivity index (χ2v) is 7.36. The molecule has 0 aliphatic carbocycles. The summed E-state index contributed by atoms with van der Waals surface area (Å²) in [5, 5.41) is 2.59. The number of thioether (sulfide) groups is 1. The van der Waals surface area contributed by atoms with E-state index < -0.39 is 5.60 Å². The van der Waals surface area contributed by atoms with Crippen molar-refractivity contribution in [2.75, 3.05) is 0 Å². The Labute approximate surface area is 136 Å². The zero-order valence-electron chi connectivity index (χ0n) is 13.6. The number of pyridine rings is 1. The Bertz CT molecular complexity index is 601. The molecular weight excluding hydrogens is 296 g/mol. The van der Waals surface area contributed by atoms with Crippen molar-refractivity contribution in [1.29, 1.82) is 0 Å². The molecule has 0 bridgehead atoms. The third-order valence-corrected chi connectivity index (χ3v) is 4.40. The van der Waals surface area contributed by atoms with E-state index in [1.165, 1.54) is 5.57 Å². The van der Waals surface area contributed by atoms with Crippen LogP contribution in [0.5, 0.6) is 0 Å². The van der Waals surface area contributed by atoms with Crippen LogP contribution in [0.2, 0.25) is 0 Å². The molecule has 0 spiro atoms. The van der Waals surface area contributed by atoms with Gasteiger partial charge in [-0.2, -0.15) is 4.79 Å². The maximum Gasteiger partial charge on any atom is 0.518 e. The Kier molecular flexibility index (Phi) is 5.42. The van der Waals surface area contributed by atoms with Crippen molar-refractivity contribution in [2.45, 2.75) is 46.1 Å². The molecule has 118 valence electrons. The van der Waals surface area contributed by atoms with E-state index in [-0.39, 0.29) is 6.09 Å². The SMILES string of the molecule is CC1=C([NH2+]C(=O)OC(C)(C)C)SC(c2cccnc2)=CCC1. The number of rotatable bonds is 2. The fraction of sp³-hybridized carbons (Fsp3) is 0.412.